The lowest BCUT2D eigenvalue weighted by Crippen LogP contribution is -2.73. The number of hydrogen-bond acceptors (Lipinski definition) is 5. The Hall–Kier alpha value is -3.06. The molecule has 28 heavy (non-hydrogen) atoms. The van der Waals surface area contributed by atoms with Gasteiger partial charge in [-0.2, -0.15) is 0 Å². The van der Waals surface area contributed by atoms with Gasteiger partial charge in [0.15, 0.2) is 0 Å². The van der Waals surface area contributed by atoms with Gasteiger partial charge in [0.05, 0.1) is 24.9 Å². The van der Waals surface area contributed by atoms with E-state index < -0.39 is 0 Å². The minimum Gasteiger partial charge on any atom is -0.394 e. The van der Waals surface area contributed by atoms with Crippen molar-refractivity contribution in [2.75, 3.05) is 19.7 Å². The number of carbonyl (C=O) groups excluding carboxylic acids is 2. The highest BCUT2D eigenvalue weighted by molar-refractivity contribution is 5.96. The van der Waals surface area contributed by atoms with Crippen molar-refractivity contribution in [3.05, 3.63) is 65.8 Å². The van der Waals surface area contributed by atoms with Gasteiger partial charge < -0.3 is 14.9 Å². The first-order valence-electron chi connectivity index (χ1n) is 9.34. The second-order valence-electron chi connectivity index (χ2n) is 7.09. The highest BCUT2D eigenvalue weighted by Crippen LogP contribution is 2.43. The maximum Gasteiger partial charge on any atom is 0.274 e. The van der Waals surface area contributed by atoms with Gasteiger partial charge in [0.25, 0.3) is 5.91 Å². The third kappa shape index (κ3) is 3.07. The Morgan fingerprint density at radius 2 is 2.07 bits per heavy atom. The number of hydrogen-bond donors (Lipinski definition) is 1. The summed E-state index contributed by atoms with van der Waals surface area (Å²) in [7, 11) is 0. The fraction of sp³-hybridized carbons (Fsp3) is 0.333. The minimum atomic E-state index is -0.296. The number of nitrogens with zero attached hydrogens (tertiary/aromatic N) is 4. The summed E-state index contributed by atoms with van der Waals surface area (Å²) in [5.41, 5.74) is 2.39. The summed E-state index contributed by atoms with van der Waals surface area (Å²) in [6.07, 6.45) is 8.38. The van der Waals surface area contributed by atoms with Crippen molar-refractivity contribution in [2.45, 2.75) is 24.9 Å². The Balaban J connectivity index is 1.58. The molecule has 0 bridgehead atoms. The maximum absolute atomic E-state index is 12.7. The SMILES string of the molecule is C/C=C/c1ccc([C@@H]2[C@@H](CO)N3C(=O)CN(C(=O)c4cnccn4)C[C@@H]23)cc1. The van der Waals surface area contributed by atoms with E-state index in [1.807, 2.05) is 43.3 Å². The number of aliphatic hydroxyl groups excluding tert-OH is 1. The molecule has 1 N–H and O–H groups in total. The van der Waals surface area contributed by atoms with Crippen molar-refractivity contribution >= 4 is 17.9 Å². The molecular weight excluding hydrogens is 356 g/mol. The van der Waals surface area contributed by atoms with Crippen LogP contribution in [0.4, 0.5) is 0 Å². The largest absolute Gasteiger partial charge is 0.394 e. The molecule has 2 fully saturated rings. The van der Waals surface area contributed by atoms with E-state index in [1.165, 1.54) is 23.5 Å². The lowest BCUT2D eigenvalue weighted by molar-refractivity contribution is -0.159. The average molecular weight is 378 g/mol. The summed E-state index contributed by atoms with van der Waals surface area (Å²) in [6.45, 7) is 2.28. The molecule has 0 unspecified atom stereocenters. The second kappa shape index (κ2) is 7.52. The molecule has 7 nitrogen and oxygen atoms in total. The van der Waals surface area contributed by atoms with Crippen LogP contribution in [0.2, 0.25) is 0 Å². The monoisotopic (exact) mass is 378 g/mol. The molecule has 0 spiro atoms. The van der Waals surface area contributed by atoms with Gasteiger partial charge in [-0.25, -0.2) is 4.98 Å². The zero-order valence-corrected chi connectivity index (χ0v) is 15.6. The first-order chi connectivity index (χ1) is 13.6. The smallest absolute Gasteiger partial charge is 0.274 e. The second-order valence-corrected chi connectivity index (χ2v) is 7.09. The molecule has 4 rings (SSSR count). The Morgan fingerprint density at radius 1 is 1.29 bits per heavy atom. The summed E-state index contributed by atoms with van der Waals surface area (Å²) >= 11 is 0. The van der Waals surface area contributed by atoms with E-state index in [4.69, 9.17) is 0 Å². The molecule has 7 heteroatoms. The molecule has 3 atom stereocenters. The van der Waals surface area contributed by atoms with E-state index in [0.29, 0.717) is 6.54 Å². The fourth-order valence-corrected chi connectivity index (χ4v) is 4.25. The van der Waals surface area contributed by atoms with Crippen molar-refractivity contribution in [3.63, 3.8) is 0 Å². The molecule has 2 aromatic rings. The van der Waals surface area contributed by atoms with Gasteiger partial charge in [-0.05, 0) is 18.1 Å². The van der Waals surface area contributed by atoms with Gasteiger partial charge in [0, 0.05) is 24.9 Å². The fourth-order valence-electron chi connectivity index (χ4n) is 4.25. The minimum absolute atomic E-state index is 0.00460. The van der Waals surface area contributed by atoms with Crippen LogP contribution in [0.1, 0.15) is 34.5 Å². The molecule has 1 aromatic carbocycles. The number of carbonyl (C=O) groups is 2. The van der Waals surface area contributed by atoms with Crippen LogP contribution in [0.25, 0.3) is 6.08 Å². The third-order valence-corrected chi connectivity index (χ3v) is 5.50. The number of rotatable bonds is 4. The van der Waals surface area contributed by atoms with Crippen LogP contribution in [0, 0.1) is 0 Å². The molecule has 3 heterocycles. The molecule has 2 aliphatic rings. The molecule has 1 aromatic heterocycles. The summed E-state index contributed by atoms with van der Waals surface area (Å²) in [6, 6.07) is 7.73. The summed E-state index contributed by atoms with van der Waals surface area (Å²) in [5, 5.41) is 9.86. The van der Waals surface area contributed by atoms with E-state index in [0.717, 1.165) is 11.1 Å². The van der Waals surface area contributed by atoms with Crippen molar-refractivity contribution in [3.8, 4) is 0 Å². The van der Waals surface area contributed by atoms with Crippen molar-refractivity contribution < 1.29 is 14.7 Å². The van der Waals surface area contributed by atoms with E-state index >= 15 is 0 Å². The van der Waals surface area contributed by atoms with Crippen LogP contribution in [0.5, 0.6) is 0 Å². The van der Waals surface area contributed by atoms with Crippen LogP contribution < -0.4 is 0 Å². The number of fused-ring (bicyclic) bond motifs is 1. The predicted octanol–water partition coefficient (Wildman–Crippen LogP) is 1.32. The summed E-state index contributed by atoms with van der Waals surface area (Å²) in [5.74, 6) is -0.448. The standard InChI is InChI=1S/C21H22N4O3/c1-2-3-14-4-6-15(7-5-14)20-17-11-24(12-19(27)25(17)18(20)13-26)21(28)16-10-22-8-9-23-16/h2-10,17-18,20,26H,11-13H2,1H3/b3-2+/t17-,18+,20-/m0/s1. The number of benzene rings is 1. The summed E-state index contributed by atoms with van der Waals surface area (Å²) in [4.78, 5) is 36.6. The van der Waals surface area contributed by atoms with Crippen LogP contribution in [-0.2, 0) is 4.79 Å². The van der Waals surface area contributed by atoms with Crippen LogP contribution >= 0.6 is 0 Å². The Kier molecular flexibility index (Phi) is 4.92. The van der Waals surface area contributed by atoms with Gasteiger partial charge in [0.2, 0.25) is 5.91 Å². The first-order valence-corrected chi connectivity index (χ1v) is 9.34. The predicted molar refractivity (Wildman–Crippen MR) is 103 cm³/mol. The molecule has 2 saturated heterocycles. The quantitative estimate of drug-likeness (QED) is 0.867. The Labute approximate surface area is 163 Å². The van der Waals surface area contributed by atoms with E-state index in [2.05, 4.69) is 9.97 Å². The summed E-state index contributed by atoms with van der Waals surface area (Å²) < 4.78 is 0. The molecule has 0 aliphatic carbocycles. The Morgan fingerprint density at radius 3 is 2.71 bits per heavy atom. The lowest BCUT2D eigenvalue weighted by atomic mass is 9.73. The molecular formula is C21H22N4O3. The van der Waals surface area contributed by atoms with E-state index in [-0.39, 0.29) is 48.7 Å². The highest BCUT2D eigenvalue weighted by Gasteiger charge is 2.54. The number of piperazine rings is 1. The topological polar surface area (TPSA) is 86.6 Å². The molecule has 144 valence electrons. The normalized spacial score (nSPS) is 24.2. The number of allylic oxidation sites excluding steroid dienone is 1. The highest BCUT2D eigenvalue weighted by atomic mass is 16.3. The van der Waals surface area contributed by atoms with Crippen LogP contribution in [-0.4, -0.2) is 68.5 Å². The van der Waals surface area contributed by atoms with Crippen LogP contribution in [0.3, 0.4) is 0 Å². The maximum atomic E-state index is 12.7. The van der Waals surface area contributed by atoms with Gasteiger partial charge >= 0.3 is 0 Å². The van der Waals surface area contributed by atoms with Crippen molar-refractivity contribution in [1.82, 2.24) is 19.8 Å². The number of aliphatic hydroxyl groups is 1. The van der Waals surface area contributed by atoms with Crippen LogP contribution in [0.15, 0.2) is 48.9 Å². The zero-order chi connectivity index (χ0) is 19.7. The third-order valence-electron chi connectivity index (χ3n) is 5.50. The number of aromatic nitrogens is 2. The van der Waals surface area contributed by atoms with Gasteiger partial charge in [-0.15, -0.1) is 0 Å². The molecule has 0 radical (unpaired) electrons. The number of amides is 2. The van der Waals surface area contributed by atoms with Gasteiger partial charge in [0.1, 0.15) is 12.2 Å². The first kappa shape index (κ1) is 18.3. The van der Waals surface area contributed by atoms with Crippen molar-refractivity contribution in [2.24, 2.45) is 0 Å². The zero-order valence-electron chi connectivity index (χ0n) is 15.6. The Bertz CT molecular complexity index is 898. The molecule has 2 amide bonds. The van der Waals surface area contributed by atoms with Crippen molar-refractivity contribution in [1.29, 1.82) is 0 Å². The van der Waals surface area contributed by atoms with E-state index in [9.17, 15) is 14.7 Å². The van der Waals surface area contributed by atoms with E-state index in [1.54, 1.807) is 4.90 Å². The average Bonchev–Trinajstić information content (AvgIpc) is 2.71. The van der Waals surface area contributed by atoms with Gasteiger partial charge in [-0.1, -0.05) is 36.4 Å². The molecule has 0 saturated carbocycles. The van der Waals surface area contributed by atoms with Gasteiger partial charge in [-0.3, -0.25) is 14.6 Å². The molecule has 2 aliphatic heterocycles. The lowest BCUT2D eigenvalue weighted by Gasteiger charge is -2.58.